The maximum Gasteiger partial charge on any atom is 0.251 e. The van der Waals surface area contributed by atoms with Crippen molar-refractivity contribution in [2.45, 2.75) is 19.8 Å². The Hall–Kier alpha value is -2.82. The van der Waals surface area contributed by atoms with E-state index in [2.05, 4.69) is 15.3 Å². The molecule has 5 heteroatoms. The molecular weight excluding hydrogens is 302 g/mol. The molecule has 3 rings (SSSR count). The standard InChI is InChI=1S/C19H21N3O2/c1-13-9-10-14(12-17(13)24-2)19(23)20-11-5-8-18-21-15-6-3-4-7-16(15)22-18/h3-4,6-7,9-10,12H,5,8,11H2,1-2H3,(H,20,23)(H,21,22). The van der Waals surface area contributed by atoms with Crippen LogP contribution in [0.4, 0.5) is 0 Å². The highest BCUT2D eigenvalue weighted by atomic mass is 16.5. The van der Waals surface area contributed by atoms with E-state index in [1.54, 1.807) is 13.2 Å². The highest BCUT2D eigenvalue weighted by molar-refractivity contribution is 5.94. The summed E-state index contributed by atoms with van der Waals surface area (Å²) < 4.78 is 5.26. The maximum atomic E-state index is 12.2. The van der Waals surface area contributed by atoms with E-state index in [0.717, 1.165) is 41.0 Å². The second-order valence-corrected chi connectivity index (χ2v) is 5.74. The molecule has 0 atom stereocenters. The fourth-order valence-corrected chi connectivity index (χ4v) is 2.65. The maximum absolute atomic E-state index is 12.2. The molecule has 0 aliphatic carbocycles. The van der Waals surface area contributed by atoms with E-state index in [-0.39, 0.29) is 5.91 Å². The Morgan fingerprint density at radius 2 is 2.08 bits per heavy atom. The van der Waals surface area contributed by atoms with Gasteiger partial charge in [-0.1, -0.05) is 18.2 Å². The normalized spacial score (nSPS) is 10.8. The summed E-state index contributed by atoms with van der Waals surface area (Å²) in [5.41, 5.74) is 3.65. The molecule has 0 radical (unpaired) electrons. The van der Waals surface area contributed by atoms with E-state index < -0.39 is 0 Å². The molecule has 3 aromatic rings. The third-order valence-corrected chi connectivity index (χ3v) is 3.98. The Balaban J connectivity index is 1.51. The minimum absolute atomic E-state index is 0.0853. The molecule has 0 saturated heterocycles. The van der Waals surface area contributed by atoms with E-state index in [1.165, 1.54) is 0 Å². The predicted octanol–water partition coefficient (Wildman–Crippen LogP) is 3.24. The first-order chi connectivity index (χ1) is 11.7. The number of aromatic amines is 1. The highest BCUT2D eigenvalue weighted by Gasteiger charge is 2.08. The molecule has 1 heterocycles. The molecular formula is C19H21N3O2. The Labute approximate surface area is 141 Å². The van der Waals surface area contributed by atoms with Gasteiger partial charge in [0, 0.05) is 18.5 Å². The lowest BCUT2D eigenvalue weighted by Gasteiger charge is -2.08. The molecule has 0 saturated carbocycles. The second-order valence-electron chi connectivity index (χ2n) is 5.74. The van der Waals surface area contributed by atoms with Crippen molar-refractivity contribution < 1.29 is 9.53 Å². The number of hydrogen-bond acceptors (Lipinski definition) is 3. The average molecular weight is 323 g/mol. The largest absolute Gasteiger partial charge is 0.496 e. The zero-order chi connectivity index (χ0) is 16.9. The number of benzene rings is 2. The van der Waals surface area contributed by atoms with Gasteiger partial charge >= 0.3 is 0 Å². The van der Waals surface area contributed by atoms with Gasteiger partial charge in [-0.25, -0.2) is 4.98 Å². The molecule has 2 aromatic carbocycles. The van der Waals surface area contributed by atoms with Gasteiger partial charge < -0.3 is 15.0 Å². The van der Waals surface area contributed by atoms with Gasteiger partial charge in [0.1, 0.15) is 11.6 Å². The second kappa shape index (κ2) is 7.17. The Morgan fingerprint density at radius 1 is 1.25 bits per heavy atom. The molecule has 0 fully saturated rings. The molecule has 0 bridgehead atoms. The van der Waals surface area contributed by atoms with Crippen molar-refractivity contribution in [1.82, 2.24) is 15.3 Å². The smallest absolute Gasteiger partial charge is 0.251 e. The molecule has 5 nitrogen and oxygen atoms in total. The van der Waals surface area contributed by atoms with Crippen LogP contribution in [0.25, 0.3) is 11.0 Å². The molecule has 0 aliphatic rings. The fourth-order valence-electron chi connectivity index (χ4n) is 2.65. The summed E-state index contributed by atoms with van der Waals surface area (Å²) in [6.07, 6.45) is 1.63. The SMILES string of the molecule is COc1cc(C(=O)NCCCc2nc3ccccc3[nH]2)ccc1C. The number of rotatable bonds is 6. The molecule has 0 spiro atoms. The number of amides is 1. The van der Waals surface area contributed by atoms with Crippen LogP contribution >= 0.6 is 0 Å². The number of carbonyl (C=O) groups excluding carboxylic acids is 1. The van der Waals surface area contributed by atoms with Crippen molar-refractivity contribution in [2.24, 2.45) is 0 Å². The van der Waals surface area contributed by atoms with Crippen LogP contribution in [0.5, 0.6) is 5.75 Å². The zero-order valence-electron chi connectivity index (χ0n) is 13.9. The number of imidazole rings is 1. The van der Waals surface area contributed by atoms with Crippen LogP contribution < -0.4 is 10.1 Å². The topological polar surface area (TPSA) is 67.0 Å². The van der Waals surface area contributed by atoms with Crippen molar-refractivity contribution in [3.8, 4) is 5.75 Å². The monoisotopic (exact) mass is 323 g/mol. The third-order valence-electron chi connectivity index (χ3n) is 3.98. The van der Waals surface area contributed by atoms with Gasteiger partial charge in [-0.15, -0.1) is 0 Å². The van der Waals surface area contributed by atoms with E-state index in [0.29, 0.717) is 12.1 Å². The number of nitrogens with zero attached hydrogens (tertiary/aromatic N) is 1. The first kappa shape index (κ1) is 16.1. The van der Waals surface area contributed by atoms with Crippen molar-refractivity contribution in [3.05, 3.63) is 59.4 Å². The molecule has 1 amide bonds. The van der Waals surface area contributed by atoms with Gasteiger partial charge in [0.25, 0.3) is 5.91 Å². The number of aromatic nitrogens is 2. The number of para-hydroxylation sites is 2. The summed E-state index contributed by atoms with van der Waals surface area (Å²) in [7, 11) is 1.61. The van der Waals surface area contributed by atoms with Crippen molar-refractivity contribution >= 4 is 16.9 Å². The van der Waals surface area contributed by atoms with Crippen LogP contribution in [0, 0.1) is 6.92 Å². The summed E-state index contributed by atoms with van der Waals surface area (Å²) in [6, 6.07) is 13.4. The number of nitrogens with one attached hydrogen (secondary N) is 2. The van der Waals surface area contributed by atoms with Crippen molar-refractivity contribution in [3.63, 3.8) is 0 Å². The fraction of sp³-hybridized carbons (Fsp3) is 0.263. The van der Waals surface area contributed by atoms with Gasteiger partial charge in [0.05, 0.1) is 18.1 Å². The van der Waals surface area contributed by atoms with Gasteiger partial charge in [-0.2, -0.15) is 0 Å². The number of ether oxygens (including phenoxy) is 1. The minimum atomic E-state index is -0.0853. The van der Waals surface area contributed by atoms with Gasteiger partial charge in [0.15, 0.2) is 0 Å². The van der Waals surface area contributed by atoms with E-state index in [4.69, 9.17) is 4.74 Å². The van der Waals surface area contributed by atoms with Crippen LogP contribution in [-0.2, 0) is 6.42 Å². The number of methoxy groups -OCH3 is 1. The lowest BCUT2D eigenvalue weighted by Crippen LogP contribution is -2.24. The van der Waals surface area contributed by atoms with E-state index in [9.17, 15) is 4.79 Å². The van der Waals surface area contributed by atoms with Crippen LogP contribution in [-0.4, -0.2) is 29.5 Å². The van der Waals surface area contributed by atoms with Gasteiger partial charge in [0.2, 0.25) is 0 Å². The molecule has 1 aromatic heterocycles. The first-order valence-electron chi connectivity index (χ1n) is 8.04. The van der Waals surface area contributed by atoms with Crippen LogP contribution in [0.1, 0.15) is 28.2 Å². The van der Waals surface area contributed by atoms with Gasteiger partial charge in [-0.3, -0.25) is 4.79 Å². The van der Waals surface area contributed by atoms with Crippen LogP contribution in [0.3, 0.4) is 0 Å². The number of fused-ring (bicyclic) bond motifs is 1. The summed E-state index contributed by atoms with van der Waals surface area (Å²) in [4.78, 5) is 20.0. The average Bonchev–Trinajstić information content (AvgIpc) is 3.01. The molecule has 0 unspecified atom stereocenters. The molecule has 0 aliphatic heterocycles. The van der Waals surface area contributed by atoms with Crippen molar-refractivity contribution in [1.29, 1.82) is 0 Å². The van der Waals surface area contributed by atoms with Crippen molar-refractivity contribution in [2.75, 3.05) is 13.7 Å². The van der Waals surface area contributed by atoms with Gasteiger partial charge in [-0.05, 0) is 43.2 Å². The molecule has 2 N–H and O–H groups in total. The van der Waals surface area contributed by atoms with Crippen LogP contribution in [0.15, 0.2) is 42.5 Å². The number of carbonyl (C=O) groups is 1. The Kier molecular flexibility index (Phi) is 4.79. The quantitative estimate of drug-likeness (QED) is 0.684. The molecule has 124 valence electrons. The summed E-state index contributed by atoms with van der Waals surface area (Å²) >= 11 is 0. The van der Waals surface area contributed by atoms with E-state index in [1.807, 2.05) is 43.3 Å². The lowest BCUT2D eigenvalue weighted by molar-refractivity contribution is 0.0953. The minimum Gasteiger partial charge on any atom is -0.496 e. The number of H-pyrrole nitrogens is 1. The number of aryl methyl sites for hydroxylation is 2. The highest BCUT2D eigenvalue weighted by Crippen LogP contribution is 2.18. The summed E-state index contributed by atoms with van der Waals surface area (Å²) in [5.74, 6) is 1.59. The first-order valence-corrected chi connectivity index (χ1v) is 8.04. The zero-order valence-corrected chi connectivity index (χ0v) is 13.9. The molecule has 24 heavy (non-hydrogen) atoms. The number of hydrogen-bond donors (Lipinski definition) is 2. The summed E-state index contributed by atoms with van der Waals surface area (Å²) in [6.45, 7) is 2.56. The third kappa shape index (κ3) is 3.56. The van der Waals surface area contributed by atoms with Crippen LogP contribution in [0.2, 0.25) is 0 Å². The predicted molar refractivity (Wildman–Crippen MR) is 94.5 cm³/mol. The van der Waals surface area contributed by atoms with E-state index >= 15 is 0 Å². The summed E-state index contributed by atoms with van der Waals surface area (Å²) in [5, 5.41) is 2.94. The Bertz CT molecular complexity index is 822. The Morgan fingerprint density at radius 3 is 2.88 bits per heavy atom. The lowest BCUT2D eigenvalue weighted by atomic mass is 10.1.